The normalized spacial score (nSPS) is 13.8. The van der Waals surface area contributed by atoms with Crippen molar-refractivity contribution in [3.63, 3.8) is 0 Å². The van der Waals surface area contributed by atoms with Crippen LogP contribution in [0.3, 0.4) is 0 Å². The SMILES string of the molecule is Cc1cccc(NC(C)(C)C(C)O)n1. The molecule has 1 atom stereocenters. The quantitative estimate of drug-likeness (QED) is 0.773. The molecule has 0 radical (unpaired) electrons. The van der Waals surface area contributed by atoms with E-state index in [4.69, 9.17) is 0 Å². The number of aromatic nitrogens is 1. The van der Waals surface area contributed by atoms with Crippen LogP contribution in [0.15, 0.2) is 18.2 Å². The van der Waals surface area contributed by atoms with E-state index in [1.165, 1.54) is 0 Å². The predicted octanol–water partition coefficient (Wildman–Crippen LogP) is 1.96. The highest BCUT2D eigenvalue weighted by molar-refractivity contribution is 5.38. The summed E-state index contributed by atoms with van der Waals surface area (Å²) in [6.07, 6.45) is -0.426. The summed E-state index contributed by atoms with van der Waals surface area (Å²) in [6.45, 7) is 7.60. The minimum absolute atomic E-state index is 0.360. The van der Waals surface area contributed by atoms with E-state index in [1.54, 1.807) is 6.92 Å². The molecule has 1 rings (SSSR count). The molecule has 0 saturated carbocycles. The van der Waals surface area contributed by atoms with Gasteiger partial charge >= 0.3 is 0 Å². The smallest absolute Gasteiger partial charge is 0.126 e. The van der Waals surface area contributed by atoms with Gasteiger partial charge in [0.25, 0.3) is 0 Å². The molecule has 1 aromatic heterocycles. The fourth-order valence-electron chi connectivity index (χ4n) is 1.05. The summed E-state index contributed by atoms with van der Waals surface area (Å²) < 4.78 is 0. The summed E-state index contributed by atoms with van der Waals surface area (Å²) in [4.78, 5) is 4.32. The Bertz CT molecular complexity index is 308. The fraction of sp³-hybridized carbons (Fsp3) is 0.545. The van der Waals surface area contributed by atoms with Crippen LogP contribution in [-0.2, 0) is 0 Å². The van der Waals surface area contributed by atoms with Crippen molar-refractivity contribution in [2.75, 3.05) is 5.32 Å². The van der Waals surface area contributed by atoms with E-state index in [0.29, 0.717) is 0 Å². The van der Waals surface area contributed by atoms with Gasteiger partial charge in [-0.25, -0.2) is 4.98 Å². The van der Waals surface area contributed by atoms with Crippen LogP contribution in [0.4, 0.5) is 5.82 Å². The second kappa shape index (κ2) is 3.96. The van der Waals surface area contributed by atoms with Crippen LogP contribution in [0.25, 0.3) is 0 Å². The zero-order valence-corrected chi connectivity index (χ0v) is 9.20. The summed E-state index contributed by atoms with van der Waals surface area (Å²) in [6, 6.07) is 5.79. The Morgan fingerprint density at radius 3 is 2.57 bits per heavy atom. The highest BCUT2D eigenvalue weighted by Gasteiger charge is 2.23. The molecular weight excluding hydrogens is 176 g/mol. The Kier molecular flexibility index (Phi) is 3.11. The highest BCUT2D eigenvalue weighted by Crippen LogP contribution is 2.16. The van der Waals surface area contributed by atoms with E-state index in [-0.39, 0.29) is 5.54 Å². The first kappa shape index (κ1) is 11.0. The van der Waals surface area contributed by atoms with Gasteiger partial charge in [0.15, 0.2) is 0 Å². The maximum Gasteiger partial charge on any atom is 0.126 e. The third kappa shape index (κ3) is 2.70. The Balaban J connectivity index is 2.78. The number of aliphatic hydroxyl groups excluding tert-OH is 1. The number of rotatable bonds is 3. The molecule has 3 nitrogen and oxygen atoms in total. The van der Waals surface area contributed by atoms with Crippen molar-refractivity contribution in [1.82, 2.24) is 4.98 Å². The predicted molar refractivity (Wildman–Crippen MR) is 58.4 cm³/mol. The molecule has 1 heterocycles. The molecule has 0 amide bonds. The average Bonchev–Trinajstić information content (AvgIpc) is 2.02. The second-order valence-corrected chi connectivity index (χ2v) is 4.19. The lowest BCUT2D eigenvalue weighted by molar-refractivity contribution is 0.133. The Morgan fingerprint density at radius 2 is 2.07 bits per heavy atom. The van der Waals surface area contributed by atoms with Gasteiger partial charge in [0, 0.05) is 5.69 Å². The van der Waals surface area contributed by atoms with Gasteiger partial charge in [-0.1, -0.05) is 6.07 Å². The minimum atomic E-state index is -0.426. The van der Waals surface area contributed by atoms with E-state index < -0.39 is 6.10 Å². The first-order valence-corrected chi connectivity index (χ1v) is 4.82. The maximum atomic E-state index is 9.52. The van der Waals surface area contributed by atoms with Gasteiger partial charge in [-0.3, -0.25) is 0 Å². The summed E-state index contributed by atoms with van der Waals surface area (Å²) in [7, 11) is 0. The van der Waals surface area contributed by atoms with Gasteiger partial charge in [0.1, 0.15) is 5.82 Å². The summed E-state index contributed by atoms with van der Waals surface area (Å²) in [5.74, 6) is 0.802. The average molecular weight is 194 g/mol. The van der Waals surface area contributed by atoms with E-state index in [9.17, 15) is 5.11 Å². The Hall–Kier alpha value is -1.09. The van der Waals surface area contributed by atoms with Crippen LogP contribution in [-0.4, -0.2) is 21.7 Å². The molecule has 0 fully saturated rings. The number of aliphatic hydroxyl groups is 1. The third-order valence-corrected chi connectivity index (χ3v) is 2.38. The van der Waals surface area contributed by atoms with Crippen molar-refractivity contribution < 1.29 is 5.11 Å². The van der Waals surface area contributed by atoms with Gasteiger partial charge < -0.3 is 10.4 Å². The molecule has 1 aromatic rings. The molecule has 0 saturated heterocycles. The van der Waals surface area contributed by atoms with Gasteiger partial charge in [0.05, 0.1) is 11.6 Å². The van der Waals surface area contributed by atoms with Crippen LogP contribution in [0.1, 0.15) is 26.5 Å². The summed E-state index contributed by atoms with van der Waals surface area (Å²) >= 11 is 0. The molecule has 0 spiro atoms. The highest BCUT2D eigenvalue weighted by atomic mass is 16.3. The molecule has 1 unspecified atom stereocenters. The fourth-order valence-corrected chi connectivity index (χ4v) is 1.05. The van der Waals surface area contributed by atoms with E-state index in [0.717, 1.165) is 11.5 Å². The first-order valence-electron chi connectivity index (χ1n) is 4.82. The molecule has 0 aliphatic carbocycles. The molecule has 0 aliphatic heterocycles. The van der Waals surface area contributed by atoms with Crippen LogP contribution in [0.2, 0.25) is 0 Å². The van der Waals surface area contributed by atoms with E-state index in [1.807, 2.05) is 39.0 Å². The lowest BCUT2D eigenvalue weighted by Crippen LogP contribution is -2.42. The van der Waals surface area contributed by atoms with Gasteiger partial charge in [-0.15, -0.1) is 0 Å². The minimum Gasteiger partial charge on any atom is -0.391 e. The molecular formula is C11H18N2O. The monoisotopic (exact) mass is 194 g/mol. The number of hydrogen-bond donors (Lipinski definition) is 2. The Morgan fingerprint density at radius 1 is 1.43 bits per heavy atom. The molecule has 2 N–H and O–H groups in total. The van der Waals surface area contributed by atoms with Crippen molar-refractivity contribution >= 4 is 5.82 Å². The Labute approximate surface area is 85.2 Å². The number of anilines is 1. The van der Waals surface area contributed by atoms with Crippen LogP contribution in [0, 0.1) is 6.92 Å². The molecule has 0 aliphatic rings. The topological polar surface area (TPSA) is 45.1 Å². The third-order valence-electron chi connectivity index (χ3n) is 2.38. The van der Waals surface area contributed by atoms with Crippen molar-refractivity contribution in [2.24, 2.45) is 0 Å². The lowest BCUT2D eigenvalue weighted by atomic mass is 9.99. The van der Waals surface area contributed by atoms with Gasteiger partial charge in [-0.2, -0.15) is 0 Å². The number of aryl methyl sites for hydroxylation is 1. The summed E-state index contributed by atoms with van der Waals surface area (Å²) in [5, 5.41) is 12.7. The number of pyridine rings is 1. The molecule has 14 heavy (non-hydrogen) atoms. The van der Waals surface area contributed by atoms with E-state index >= 15 is 0 Å². The van der Waals surface area contributed by atoms with Crippen LogP contribution < -0.4 is 5.32 Å². The zero-order chi connectivity index (χ0) is 10.8. The molecule has 78 valence electrons. The zero-order valence-electron chi connectivity index (χ0n) is 9.20. The lowest BCUT2D eigenvalue weighted by Gasteiger charge is -2.29. The van der Waals surface area contributed by atoms with E-state index in [2.05, 4.69) is 10.3 Å². The summed E-state index contributed by atoms with van der Waals surface area (Å²) in [5.41, 5.74) is 0.609. The van der Waals surface area contributed by atoms with Crippen molar-refractivity contribution in [3.05, 3.63) is 23.9 Å². The largest absolute Gasteiger partial charge is 0.391 e. The van der Waals surface area contributed by atoms with Gasteiger partial charge in [0.2, 0.25) is 0 Å². The number of hydrogen-bond acceptors (Lipinski definition) is 3. The maximum absolute atomic E-state index is 9.52. The molecule has 0 aromatic carbocycles. The first-order chi connectivity index (χ1) is 6.42. The molecule has 0 bridgehead atoms. The van der Waals surface area contributed by atoms with Crippen LogP contribution >= 0.6 is 0 Å². The second-order valence-electron chi connectivity index (χ2n) is 4.19. The molecule has 3 heteroatoms. The van der Waals surface area contributed by atoms with Crippen molar-refractivity contribution in [1.29, 1.82) is 0 Å². The number of nitrogens with zero attached hydrogens (tertiary/aromatic N) is 1. The van der Waals surface area contributed by atoms with Gasteiger partial charge in [-0.05, 0) is 39.8 Å². The number of nitrogens with one attached hydrogen (secondary N) is 1. The van der Waals surface area contributed by atoms with Crippen molar-refractivity contribution in [3.8, 4) is 0 Å². The standard InChI is InChI=1S/C11H18N2O/c1-8-6-5-7-10(12-8)13-11(3,4)9(2)14/h5-7,9,14H,1-4H3,(H,12,13). The van der Waals surface area contributed by atoms with Crippen molar-refractivity contribution in [2.45, 2.75) is 39.3 Å². The van der Waals surface area contributed by atoms with Crippen LogP contribution in [0.5, 0.6) is 0 Å².